The van der Waals surface area contributed by atoms with E-state index in [1.807, 2.05) is 0 Å². The van der Waals surface area contributed by atoms with Crippen LogP contribution in [0, 0.1) is 5.92 Å². The number of piperazine rings is 1. The lowest BCUT2D eigenvalue weighted by atomic mass is 9.92. The quantitative estimate of drug-likeness (QED) is 0.744. The first-order chi connectivity index (χ1) is 13.8. The number of imide groups is 1. The SMILES string of the molecule is C[C@@]1(c2ccc(Cl)cc2)NC(=O)N(CC(=O)N2CCN(C(=O)C3CC3)CC2)C1=O. The number of nitrogens with one attached hydrogen (secondary N) is 1. The van der Waals surface area contributed by atoms with Crippen molar-refractivity contribution < 1.29 is 19.2 Å². The van der Waals surface area contributed by atoms with Crippen LogP contribution >= 0.6 is 11.6 Å². The first-order valence-corrected chi connectivity index (χ1v) is 10.1. The van der Waals surface area contributed by atoms with Crippen molar-refractivity contribution in [3.63, 3.8) is 0 Å². The van der Waals surface area contributed by atoms with E-state index in [0.29, 0.717) is 36.8 Å². The van der Waals surface area contributed by atoms with Gasteiger partial charge in [0.2, 0.25) is 11.8 Å². The molecule has 2 aliphatic heterocycles. The van der Waals surface area contributed by atoms with E-state index in [1.54, 1.807) is 41.0 Å². The van der Waals surface area contributed by atoms with Crippen LogP contribution in [0.2, 0.25) is 5.02 Å². The van der Waals surface area contributed by atoms with Gasteiger partial charge in [-0.05, 0) is 37.5 Å². The van der Waals surface area contributed by atoms with Gasteiger partial charge in [0.25, 0.3) is 5.91 Å². The highest BCUT2D eigenvalue weighted by Crippen LogP contribution is 2.32. The van der Waals surface area contributed by atoms with Crippen LogP contribution < -0.4 is 5.32 Å². The monoisotopic (exact) mass is 418 g/mol. The highest BCUT2D eigenvalue weighted by molar-refractivity contribution is 6.30. The van der Waals surface area contributed by atoms with Crippen LogP contribution in [0.15, 0.2) is 24.3 Å². The average molecular weight is 419 g/mol. The third kappa shape index (κ3) is 3.69. The Labute approximate surface area is 173 Å². The summed E-state index contributed by atoms with van der Waals surface area (Å²) >= 11 is 5.91. The molecule has 2 saturated heterocycles. The molecule has 9 heteroatoms. The van der Waals surface area contributed by atoms with Gasteiger partial charge in [0.05, 0.1) is 0 Å². The second-order valence-electron chi connectivity index (χ2n) is 7.93. The van der Waals surface area contributed by atoms with Gasteiger partial charge >= 0.3 is 6.03 Å². The van der Waals surface area contributed by atoms with E-state index in [4.69, 9.17) is 11.6 Å². The fourth-order valence-corrected chi connectivity index (χ4v) is 3.95. The number of amides is 5. The number of hydrogen-bond donors (Lipinski definition) is 1. The summed E-state index contributed by atoms with van der Waals surface area (Å²) in [6.07, 6.45) is 1.91. The van der Waals surface area contributed by atoms with Gasteiger partial charge in [-0.15, -0.1) is 0 Å². The number of rotatable bonds is 4. The Morgan fingerprint density at radius 2 is 1.66 bits per heavy atom. The zero-order valence-electron chi connectivity index (χ0n) is 16.2. The molecule has 3 fully saturated rings. The van der Waals surface area contributed by atoms with Crippen LogP contribution in [-0.2, 0) is 19.9 Å². The first kappa shape index (κ1) is 19.7. The van der Waals surface area contributed by atoms with Gasteiger partial charge in [-0.3, -0.25) is 19.3 Å². The topological polar surface area (TPSA) is 90.0 Å². The van der Waals surface area contributed by atoms with Crippen LogP contribution in [0.4, 0.5) is 4.79 Å². The normalized spacial score (nSPS) is 24.7. The lowest BCUT2D eigenvalue weighted by Crippen LogP contribution is -2.53. The molecule has 1 saturated carbocycles. The minimum Gasteiger partial charge on any atom is -0.339 e. The molecule has 2 heterocycles. The zero-order chi connectivity index (χ0) is 20.8. The number of carbonyl (C=O) groups excluding carboxylic acids is 4. The number of halogens is 1. The minimum absolute atomic E-state index is 0.161. The molecule has 8 nitrogen and oxygen atoms in total. The molecule has 0 unspecified atom stereocenters. The van der Waals surface area contributed by atoms with Gasteiger partial charge in [-0.2, -0.15) is 0 Å². The Bertz CT molecular complexity index is 862. The fraction of sp³-hybridized carbons (Fsp3) is 0.500. The first-order valence-electron chi connectivity index (χ1n) is 9.76. The molecular formula is C20H23ClN4O4. The molecule has 1 aromatic rings. The van der Waals surface area contributed by atoms with Crippen molar-refractivity contribution in [2.45, 2.75) is 25.3 Å². The fourth-order valence-electron chi connectivity index (χ4n) is 3.82. The molecule has 3 aliphatic rings. The Morgan fingerprint density at radius 3 is 2.24 bits per heavy atom. The molecule has 29 heavy (non-hydrogen) atoms. The number of nitrogens with zero attached hydrogens (tertiary/aromatic N) is 3. The molecular weight excluding hydrogens is 396 g/mol. The number of carbonyl (C=O) groups is 4. The van der Waals surface area contributed by atoms with Crippen LogP contribution in [0.25, 0.3) is 0 Å². The molecule has 0 aromatic heterocycles. The van der Waals surface area contributed by atoms with Gasteiger partial charge < -0.3 is 15.1 Å². The van der Waals surface area contributed by atoms with E-state index < -0.39 is 17.5 Å². The predicted octanol–water partition coefficient (Wildman–Crippen LogP) is 1.19. The molecule has 154 valence electrons. The zero-order valence-corrected chi connectivity index (χ0v) is 16.9. The molecule has 1 aliphatic carbocycles. The van der Waals surface area contributed by atoms with E-state index in [-0.39, 0.29) is 24.3 Å². The van der Waals surface area contributed by atoms with E-state index in [0.717, 1.165) is 17.7 Å². The molecule has 0 spiro atoms. The van der Waals surface area contributed by atoms with Crippen LogP contribution in [0.5, 0.6) is 0 Å². The second kappa shape index (κ2) is 7.33. The Balaban J connectivity index is 1.38. The van der Waals surface area contributed by atoms with Crippen molar-refractivity contribution in [3.8, 4) is 0 Å². The third-order valence-electron chi connectivity index (χ3n) is 5.86. The highest BCUT2D eigenvalue weighted by Gasteiger charge is 2.49. The largest absolute Gasteiger partial charge is 0.339 e. The van der Waals surface area contributed by atoms with Crippen molar-refractivity contribution in [1.29, 1.82) is 0 Å². The maximum atomic E-state index is 13.0. The lowest BCUT2D eigenvalue weighted by molar-refractivity contribution is -0.142. The van der Waals surface area contributed by atoms with Gasteiger partial charge in [0.1, 0.15) is 12.1 Å². The van der Waals surface area contributed by atoms with Crippen LogP contribution in [0.3, 0.4) is 0 Å². The predicted molar refractivity (Wildman–Crippen MR) is 105 cm³/mol. The van der Waals surface area contributed by atoms with Crippen molar-refractivity contribution in [2.24, 2.45) is 5.92 Å². The summed E-state index contributed by atoms with van der Waals surface area (Å²) in [5, 5.41) is 3.21. The number of hydrogen-bond acceptors (Lipinski definition) is 4. The lowest BCUT2D eigenvalue weighted by Gasteiger charge is -2.35. The summed E-state index contributed by atoms with van der Waals surface area (Å²) in [6.45, 7) is 3.10. The molecule has 1 atom stereocenters. The smallest absolute Gasteiger partial charge is 0.325 e. The number of benzene rings is 1. The Morgan fingerprint density at radius 1 is 1.07 bits per heavy atom. The highest BCUT2D eigenvalue weighted by atomic mass is 35.5. The molecule has 0 bridgehead atoms. The maximum absolute atomic E-state index is 13.0. The summed E-state index contributed by atoms with van der Waals surface area (Å²) < 4.78 is 0. The second-order valence-corrected chi connectivity index (χ2v) is 8.37. The van der Waals surface area contributed by atoms with E-state index in [2.05, 4.69) is 5.32 Å². The summed E-state index contributed by atoms with van der Waals surface area (Å²) in [7, 11) is 0. The van der Waals surface area contributed by atoms with Gasteiger partial charge in [0, 0.05) is 37.1 Å². The number of urea groups is 1. The van der Waals surface area contributed by atoms with Gasteiger partial charge in [-0.25, -0.2) is 4.79 Å². The molecule has 4 rings (SSSR count). The van der Waals surface area contributed by atoms with E-state index in [1.165, 1.54) is 0 Å². The average Bonchev–Trinajstić information content (AvgIpc) is 3.53. The van der Waals surface area contributed by atoms with Crippen molar-refractivity contribution >= 4 is 35.4 Å². The van der Waals surface area contributed by atoms with Crippen LogP contribution in [0.1, 0.15) is 25.3 Å². The van der Waals surface area contributed by atoms with Gasteiger partial charge in [-0.1, -0.05) is 23.7 Å². The maximum Gasteiger partial charge on any atom is 0.325 e. The summed E-state index contributed by atoms with van der Waals surface area (Å²) in [5.74, 6) is -0.438. The van der Waals surface area contributed by atoms with E-state index in [9.17, 15) is 19.2 Å². The molecule has 5 amide bonds. The third-order valence-corrected chi connectivity index (χ3v) is 6.11. The molecule has 0 radical (unpaired) electrons. The van der Waals surface area contributed by atoms with Crippen LogP contribution in [-0.4, -0.2) is 71.2 Å². The molecule has 1 N–H and O–H groups in total. The van der Waals surface area contributed by atoms with Gasteiger partial charge in [0.15, 0.2) is 0 Å². The standard InChI is InChI=1S/C20H23ClN4O4/c1-20(14-4-6-15(21)7-5-14)18(28)25(19(29)22-20)12-16(26)23-8-10-24(11-9-23)17(27)13-2-3-13/h4-7,13H,2-3,8-12H2,1H3,(H,22,29)/t20-/m0/s1. The van der Waals surface area contributed by atoms with Crippen molar-refractivity contribution in [1.82, 2.24) is 20.0 Å². The van der Waals surface area contributed by atoms with E-state index >= 15 is 0 Å². The molecule has 1 aromatic carbocycles. The Hall–Kier alpha value is -2.61. The van der Waals surface area contributed by atoms with Crippen molar-refractivity contribution in [2.75, 3.05) is 32.7 Å². The summed E-state index contributed by atoms with van der Waals surface area (Å²) in [4.78, 5) is 54.6. The Kier molecular flexibility index (Phi) is 4.98. The summed E-state index contributed by atoms with van der Waals surface area (Å²) in [6, 6.07) is 6.07. The summed E-state index contributed by atoms with van der Waals surface area (Å²) in [5.41, 5.74) is -0.639. The van der Waals surface area contributed by atoms with Crippen molar-refractivity contribution in [3.05, 3.63) is 34.9 Å². The minimum atomic E-state index is -1.24.